The first kappa shape index (κ1) is 16.1. The molecule has 0 aliphatic carbocycles. The molecule has 0 radical (unpaired) electrons. The van der Waals surface area contributed by atoms with Crippen molar-refractivity contribution in [2.24, 2.45) is 0 Å². The van der Waals surface area contributed by atoms with Crippen molar-refractivity contribution in [1.82, 2.24) is 0 Å². The van der Waals surface area contributed by atoms with Gasteiger partial charge in [0.25, 0.3) is 0 Å². The zero-order valence-corrected chi connectivity index (χ0v) is 12.5. The highest BCUT2D eigenvalue weighted by molar-refractivity contribution is 7.92. The molecule has 0 aromatic heterocycles. The molecule has 0 heterocycles. The number of carbonyl (C=O) groups excluding carboxylic acids is 1. The third-order valence-electron chi connectivity index (χ3n) is 2.90. The normalized spacial score (nSPS) is 11.2. The lowest BCUT2D eigenvalue weighted by Crippen LogP contribution is -2.23. The van der Waals surface area contributed by atoms with E-state index in [1.807, 2.05) is 6.92 Å². The maximum Gasteiger partial charge on any atom is 0.239 e. The number of hydrogen-bond acceptors (Lipinski definition) is 3. The van der Waals surface area contributed by atoms with Gasteiger partial charge in [0.2, 0.25) is 5.91 Å². The first-order valence-electron chi connectivity index (χ1n) is 6.32. The minimum atomic E-state index is -3.79. The van der Waals surface area contributed by atoms with Crippen LogP contribution in [0.2, 0.25) is 0 Å². The standard InChI is InChI=1S/C15H13F2NO3S/c1-10-2-5-12(6-3-10)22(20,21)9-15(19)18-11-4-7-13(16)14(17)8-11/h2-8H,9H2,1H3,(H,18,19). The molecule has 1 amide bonds. The molecule has 0 bridgehead atoms. The van der Waals surface area contributed by atoms with Gasteiger partial charge >= 0.3 is 0 Å². The summed E-state index contributed by atoms with van der Waals surface area (Å²) in [5.41, 5.74) is 0.883. The van der Waals surface area contributed by atoms with Crippen LogP contribution >= 0.6 is 0 Å². The summed E-state index contributed by atoms with van der Waals surface area (Å²) in [5.74, 6) is -3.79. The highest BCUT2D eigenvalue weighted by atomic mass is 32.2. The Morgan fingerprint density at radius 3 is 2.27 bits per heavy atom. The molecule has 22 heavy (non-hydrogen) atoms. The molecule has 0 unspecified atom stereocenters. The van der Waals surface area contributed by atoms with Gasteiger partial charge in [-0.1, -0.05) is 17.7 Å². The summed E-state index contributed by atoms with van der Waals surface area (Å²) in [6.45, 7) is 1.81. The quantitative estimate of drug-likeness (QED) is 0.940. The Morgan fingerprint density at radius 1 is 1.05 bits per heavy atom. The van der Waals surface area contributed by atoms with Crippen molar-refractivity contribution in [2.75, 3.05) is 11.1 Å². The number of benzene rings is 2. The van der Waals surface area contributed by atoms with Gasteiger partial charge in [0, 0.05) is 11.8 Å². The van der Waals surface area contributed by atoms with Crippen molar-refractivity contribution < 1.29 is 22.0 Å². The number of halogens is 2. The zero-order chi connectivity index (χ0) is 16.3. The molecule has 0 saturated carbocycles. The first-order chi connectivity index (χ1) is 10.3. The molecule has 2 aromatic carbocycles. The maximum absolute atomic E-state index is 13.0. The summed E-state index contributed by atoms with van der Waals surface area (Å²) in [6.07, 6.45) is 0. The number of nitrogens with one attached hydrogen (secondary N) is 1. The monoisotopic (exact) mass is 325 g/mol. The van der Waals surface area contributed by atoms with Crippen molar-refractivity contribution in [2.45, 2.75) is 11.8 Å². The van der Waals surface area contributed by atoms with E-state index in [2.05, 4.69) is 5.32 Å². The minimum Gasteiger partial charge on any atom is -0.325 e. The molecular formula is C15H13F2NO3S. The third-order valence-corrected chi connectivity index (χ3v) is 4.54. The molecule has 7 heteroatoms. The summed E-state index contributed by atoms with van der Waals surface area (Å²) in [6, 6.07) is 8.85. The van der Waals surface area contributed by atoms with Crippen molar-refractivity contribution in [3.8, 4) is 0 Å². The van der Waals surface area contributed by atoms with Crippen LogP contribution in [0.15, 0.2) is 47.4 Å². The minimum absolute atomic E-state index is 0.0111. The number of amides is 1. The van der Waals surface area contributed by atoms with Crippen LogP contribution in [0.5, 0.6) is 0 Å². The molecule has 0 aliphatic heterocycles. The maximum atomic E-state index is 13.0. The van der Waals surface area contributed by atoms with E-state index in [4.69, 9.17) is 0 Å². The number of rotatable bonds is 4. The summed E-state index contributed by atoms with van der Waals surface area (Å²) in [5, 5.41) is 2.22. The summed E-state index contributed by atoms with van der Waals surface area (Å²) < 4.78 is 49.9. The molecule has 4 nitrogen and oxygen atoms in total. The highest BCUT2D eigenvalue weighted by Crippen LogP contribution is 2.15. The van der Waals surface area contributed by atoms with Gasteiger partial charge in [-0.05, 0) is 31.2 Å². The van der Waals surface area contributed by atoms with E-state index in [9.17, 15) is 22.0 Å². The second kappa shape index (κ2) is 6.23. The van der Waals surface area contributed by atoms with Gasteiger partial charge in [-0.2, -0.15) is 0 Å². The number of sulfone groups is 1. The third kappa shape index (κ3) is 3.88. The fourth-order valence-corrected chi connectivity index (χ4v) is 2.91. The van der Waals surface area contributed by atoms with E-state index >= 15 is 0 Å². The number of hydrogen-bond donors (Lipinski definition) is 1. The molecule has 0 saturated heterocycles. The van der Waals surface area contributed by atoms with Crippen LogP contribution in [0.1, 0.15) is 5.56 Å². The molecule has 116 valence electrons. The van der Waals surface area contributed by atoms with Crippen molar-refractivity contribution >= 4 is 21.4 Å². The lowest BCUT2D eigenvalue weighted by Gasteiger charge is -2.07. The molecular weight excluding hydrogens is 312 g/mol. The fraction of sp³-hybridized carbons (Fsp3) is 0.133. The highest BCUT2D eigenvalue weighted by Gasteiger charge is 2.19. The summed E-state index contributed by atoms with van der Waals surface area (Å²) in [7, 11) is -3.79. The lowest BCUT2D eigenvalue weighted by atomic mass is 10.2. The molecule has 0 spiro atoms. The number of carbonyl (C=O) groups is 1. The van der Waals surface area contributed by atoms with Crippen molar-refractivity contribution in [3.05, 3.63) is 59.7 Å². The average Bonchev–Trinajstić information content (AvgIpc) is 2.42. The fourth-order valence-electron chi connectivity index (χ4n) is 1.77. The number of aryl methyl sites for hydroxylation is 1. The Labute approximate surface area is 126 Å². The van der Waals surface area contributed by atoms with Crippen LogP contribution in [0.3, 0.4) is 0 Å². The Morgan fingerprint density at radius 2 is 1.68 bits per heavy atom. The van der Waals surface area contributed by atoms with Crippen molar-refractivity contribution in [3.63, 3.8) is 0 Å². The Kier molecular flexibility index (Phi) is 4.56. The molecule has 2 rings (SSSR count). The van der Waals surface area contributed by atoms with Crippen LogP contribution < -0.4 is 5.32 Å². The van der Waals surface area contributed by atoms with Crippen LogP contribution in [-0.2, 0) is 14.6 Å². The van der Waals surface area contributed by atoms with Crippen LogP contribution in [-0.4, -0.2) is 20.1 Å². The van der Waals surface area contributed by atoms with E-state index in [-0.39, 0.29) is 10.6 Å². The molecule has 0 atom stereocenters. The molecule has 1 N–H and O–H groups in total. The smallest absolute Gasteiger partial charge is 0.239 e. The average molecular weight is 325 g/mol. The van der Waals surface area contributed by atoms with E-state index in [0.717, 1.165) is 23.8 Å². The van der Waals surface area contributed by atoms with E-state index in [1.54, 1.807) is 12.1 Å². The van der Waals surface area contributed by atoms with Crippen LogP contribution in [0.25, 0.3) is 0 Å². The summed E-state index contributed by atoms with van der Waals surface area (Å²) in [4.78, 5) is 11.8. The van der Waals surface area contributed by atoms with Gasteiger partial charge in [-0.25, -0.2) is 17.2 Å². The van der Waals surface area contributed by atoms with E-state index in [1.165, 1.54) is 12.1 Å². The van der Waals surface area contributed by atoms with Gasteiger partial charge in [0.1, 0.15) is 5.75 Å². The first-order valence-corrected chi connectivity index (χ1v) is 7.97. The topological polar surface area (TPSA) is 63.2 Å². The van der Waals surface area contributed by atoms with Gasteiger partial charge in [0.05, 0.1) is 4.90 Å². The van der Waals surface area contributed by atoms with E-state index in [0.29, 0.717) is 0 Å². The van der Waals surface area contributed by atoms with Crippen LogP contribution in [0.4, 0.5) is 14.5 Å². The zero-order valence-electron chi connectivity index (χ0n) is 11.6. The largest absolute Gasteiger partial charge is 0.325 e. The van der Waals surface area contributed by atoms with Gasteiger partial charge in [-0.15, -0.1) is 0 Å². The predicted octanol–water partition coefficient (Wildman–Crippen LogP) is 2.69. The second-order valence-electron chi connectivity index (χ2n) is 4.75. The Bertz CT molecular complexity index is 802. The second-order valence-corrected chi connectivity index (χ2v) is 6.74. The van der Waals surface area contributed by atoms with Crippen molar-refractivity contribution in [1.29, 1.82) is 0 Å². The Hall–Kier alpha value is -2.28. The van der Waals surface area contributed by atoms with Gasteiger partial charge in [-0.3, -0.25) is 4.79 Å². The molecule has 2 aromatic rings. The van der Waals surface area contributed by atoms with E-state index < -0.39 is 33.1 Å². The molecule has 0 fully saturated rings. The van der Waals surface area contributed by atoms with Crippen LogP contribution in [0, 0.1) is 18.6 Å². The van der Waals surface area contributed by atoms with Gasteiger partial charge < -0.3 is 5.32 Å². The Balaban J connectivity index is 2.10. The lowest BCUT2D eigenvalue weighted by molar-refractivity contribution is -0.113. The molecule has 0 aliphatic rings. The SMILES string of the molecule is Cc1ccc(S(=O)(=O)CC(=O)Nc2ccc(F)c(F)c2)cc1. The summed E-state index contributed by atoms with van der Waals surface area (Å²) >= 11 is 0. The predicted molar refractivity (Wildman–Crippen MR) is 78.2 cm³/mol. The van der Waals surface area contributed by atoms with Gasteiger partial charge in [0.15, 0.2) is 21.5 Å². The number of anilines is 1.